The second-order valence-corrected chi connectivity index (χ2v) is 5.31. The van der Waals surface area contributed by atoms with Crippen molar-refractivity contribution in [2.75, 3.05) is 6.61 Å². The summed E-state index contributed by atoms with van der Waals surface area (Å²) in [7, 11) is -14.1. The second-order valence-electron chi connectivity index (χ2n) is 1.68. The number of rotatable bonds is 5. The van der Waals surface area contributed by atoms with Crippen LogP contribution in [0.15, 0.2) is 12.7 Å². The summed E-state index contributed by atoms with van der Waals surface area (Å²) in [5, 5.41) is 7.76. The molecule has 16 heteroatoms. The molecule has 0 saturated heterocycles. The van der Waals surface area contributed by atoms with Crippen LogP contribution >= 0.6 is 33.0 Å². The predicted molar refractivity (Wildman–Crippen MR) is 55.5 cm³/mol. The molecule has 0 aromatic carbocycles. The molecule has 0 saturated carbocycles. The first-order valence-electron chi connectivity index (χ1n) is 3.58. The first-order chi connectivity index (χ1) is 8.17. The average molecular weight is 437 g/mol. The van der Waals surface area contributed by atoms with E-state index in [4.69, 9.17) is 5.11 Å². The summed E-state index contributed by atoms with van der Waals surface area (Å²) < 4.78 is 43.6. The molecular weight excluding hydrogens is 427 g/mol. The SMILES string of the molecule is C=CCO.O=[PH]([O-])O[PH](=O)[O-].O=[PH]([O-])O[PH](=O)[O-].[Zr+4]. The van der Waals surface area contributed by atoms with Crippen LogP contribution in [0.25, 0.3) is 0 Å². The van der Waals surface area contributed by atoms with Gasteiger partial charge in [-0.1, -0.05) is 6.08 Å². The zero-order chi connectivity index (χ0) is 15.1. The molecule has 0 rings (SSSR count). The van der Waals surface area contributed by atoms with E-state index < -0.39 is 33.0 Å². The molecule has 0 heterocycles. The van der Waals surface area contributed by atoms with Crippen LogP contribution in [0.4, 0.5) is 0 Å². The zero-order valence-electron chi connectivity index (χ0n) is 9.02. The molecule has 4 atom stereocenters. The Morgan fingerprint density at radius 3 is 1.05 bits per heavy atom. The van der Waals surface area contributed by atoms with Crippen molar-refractivity contribution in [1.82, 2.24) is 0 Å². The maximum atomic E-state index is 9.29. The minimum Gasteiger partial charge on any atom is -0.781 e. The summed E-state index contributed by atoms with van der Waals surface area (Å²) in [5.41, 5.74) is 0. The van der Waals surface area contributed by atoms with Gasteiger partial charge in [0.05, 0.1) is 6.61 Å². The third kappa shape index (κ3) is 54.5. The van der Waals surface area contributed by atoms with Crippen molar-refractivity contribution < 1.29 is 77.8 Å². The molecule has 0 aliphatic heterocycles. The minimum atomic E-state index is -3.51. The Morgan fingerprint density at radius 2 is 1.05 bits per heavy atom. The summed E-state index contributed by atoms with van der Waals surface area (Å²) in [4.78, 5) is 37.1. The molecule has 0 aliphatic carbocycles. The van der Waals surface area contributed by atoms with E-state index in [1.807, 2.05) is 0 Å². The Hall–Kier alpha value is 1.26. The predicted octanol–water partition coefficient (Wildman–Crippen LogP) is -2.83. The molecule has 11 nitrogen and oxygen atoms in total. The van der Waals surface area contributed by atoms with E-state index in [1.54, 1.807) is 0 Å². The van der Waals surface area contributed by atoms with Crippen LogP contribution in [-0.4, -0.2) is 11.7 Å². The van der Waals surface area contributed by atoms with Crippen LogP contribution in [0.5, 0.6) is 0 Å². The fraction of sp³-hybridized carbons (Fsp3) is 0.333. The van der Waals surface area contributed by atoms with E-state index in [2.05, 4.69) is 15.2 Å². The van der Waals surface area contributed by atoms with E-state index in [0.717, 1.165) is 0 Å². The van der Waals surface area contributed by atoms with Crippen LogP contribution in [0, 0.1) is 0 Å². The molecule has 0 aromatic rings. The van der Waals surface area contributed by atoms with Crippen molar-refractivity contribution in [1.29, 1.82) is 0 Å². The molecule has 0 spiro atoms. The fourth-order valence-electron chi connectivity index (χ4n) is 0.136. The normalized spacial score (nSPS) is 15.0. The second kappa shape index (κ2) is 21.6. The van der Waals surface area contributed by atoms with Gasteiger partial charge in [0.1, 0.15) is 33.0 Å². The quantitative estimate of drug-likeness (QED) is 0.343. The molecule has 0 radical (unpaired) electrons. The molecule has 4 unspecified atom stereocenters. The van der Waals surface area contributed by atoms with Gasteiger partial charge in [-0.05, 0) is 0 Å². The van der Waals surface area contributed by atoms with Crippen LogP contribution in [0.1, 0.15) is 0 Å². The van der Waals surface area contributed by atoms with E-state index in [9.17, 15) is 37.8 Å². The Labute approximate surface area is 130 Å². The zero-order valence-corrected chi connectivity index (χ0v) is 15.5. The Morgan fingerprint density at radius 1 is 0.895 bits per heavy atom. The van der Waals surface area contributed by atoms with Gasteiger partial charge < -0.3 is 42.9 Å². The number of aliphatic hydroxyl groups is 1. The van der Waals surface area contributed by atoms with Crippen molar-refractivity contribution >= 4 is 33.0 Å². The van der Waals surface area contributed by atoms with Crippen molar-refractivity contribution in [2.24, 2.45) is 0 Å². The molecule has 0 bridgehead atoms. The Kier molecular flexibility index (Phi) is 32.3. The molecule has 0 aliphatic rings. The Balaban J connectivity index is -0.0000000900. The monoisotopic (exact) mass is 436 g/mol. The molecule has 0 amide bonds. The molecular formula is C3H10O11P4Zr. The maximum absolute atomic E-state index is 9.29. The van der Waals surface area contributed by atoms with Crippen molar-refractivity contribution in [3.8, 4) is 0 Å². The maximum Gasteiger partial charge on any atom is 4.00 e. The van der Waals surface area contributed by atoms with E-state index in [-0.39, 0.29) is 32.8 Å². The van der Waals surface area contributed by atoms with E-state index >= 15 is 0 Å². The van der Waals surface area contributed by atoms with Gasteiger partial charge in [-0.3, -0.25) is 8.62 Å². The summed E-state index contributed by atoms with van der Waals surface area (Å²) in [5.74, 6) is 0. The first-order valence-corrected chi connectivity index (χ1v) is 8.48. The summed E-state index contributed by atoms with van der Waals surface area (Å²) >= 11 is 0. The van der Waals surface area contributed by atoms with Gasteiger partial charge in [-0.2, -0.15) is 0 Å². The van der Waals surface area contributed by atoms with E-state index in [0.29, 0.717) is 0 Å². The van der Waals surface area contributed by atoms with Crippen LogP contribution in [-0.2, 0) is 53.1 Å². The van der Waals surface area contributed by atoms with Crippen molar-refractivity contribution in [2.45, 2.75) is 0 Å². The van der Waals surface area contributed by atoms with Gasteiger partial charge in [0.2, 0.25) is 0 Å². The van der Waals surface area contributed by atoms with Gasteiger partial charge in [0.15, 0.2) is 0 Å². The topological polar surface area (TPSA) is 199 Å². The number of aliphatic hydroxyl groups excluding tert-OH is 1. The largest absolute Gasteiger partial charge is 4.00 e. The minimum absolute atomic E-state index is 0. The molecule has 1 N–H and O–H groups in total. The molecule has 19 heavy (non-hydrogen) atoms. The summed E-state index contributed by atoms with van der Waals surface area (Å²) in [6.45, 7) is 3.31. The van der Waals surface area contributed by atoms with Crippen LogP contribution in [0.2, 0.25) is 0 Å². The third-order valence-electron chi connectivity index (χ3n) is 0.462. The molecule has 0 fully saturated rings. The number of hydrogen-bond acceptors (Lipinski definition) is 11. The molecule has 112 valence electrons. The number of hydrogen-bond donors (Lipinski definition) is 1. The molecule has 0 aromatic heterocycles. The van der Waals surface area contributed by atoms with E-state index in [1.165, 1.54) is 6.08 Å². The average Bonchev–Trinajstić information content (AvgIpc) is 2.14. The van der Waals surface area contributed by atoms with Crippen LogP contribution in [0.3, 0.4) is 0 Å². The standard InChI is InChI=1S/C3H6O.2H4O5P2.Zr/c1-2-3-4;2*1-6(2)5-7(3)4;/h2,4H,1,3H2;2*6-7H,(H,1,2)(H,3,4);/q;;;+4/p-4. The van der Waals surface area contributed by atoms with Crippen molar-refractivity contribution in [3.05, 3.63) is 12.7 Å². The first kappa shape index (κ1) is 28.4. The van der Waals surface area contributed by atoms with Crippen LogP contribution < -0.4 is 19.6 Å². The van der Waals surface area contributed by atoms with Gasteiger partial charge in [0.25, 0.3) is 0 Å². The van der Waals surface area contributed by atoms with Gasteiger partial charge in [0, 0.05) is 0 Å². The van der Waals surface area contributed by atoms with Crippen molar-refractivity contribution in [3.63, 3.8) is 0 Å². The third-order valence-corrected chi connectivity index (χ3v) is 3.13. The Bertz CT molecular complexity index is 256. The smallest absolute Gasteiger partial charge is 0.781 e. The van der Waals surface area contributed by atoms with Gasteiger partial charge in [-0.15, -0.1) is 6.58 Å². The van der Waals surface area contributed by atoms with Gasteiger partial charge in [-0.25, -0.2) is 0 Å². The summed E-state index contributed by atoms with van der Waals surface area (Å²) in [6, 6.07) is 0. The summed E-state index contributed by atoms with van der Waals surface area (Å²) in [6.07, 6.45) is 1.43. The fourth-order valence-corrected chi connectivity index (χ4v) is 1.22. The van der Waals surface area contributed by atoms with Gasteiger partial charge >= 0.3 is 26.2 Å².